The summed E-state index contributed by atoms with van der Waals surface area (Å²) in [5, 5.41) is 8.89. The first-order chi connectivity index (χ1) is 10.5. The Morgan fingerprint density at radius 3 is 2.91 bits per heavy atom. The van der Waals surface area contributed by atoms with Gasteiger partial charge in [0.25, 0.3) is 5.91 Å². The molecule has 0 N–H and O–H groups in total. The van der Waals surface area contributed by atoms with Crippen LogP contribution < -0.4 is 0 Å². The van der Waals surface area contributed by atoms with E-state index in [9.17, 15) is 14.0 Å². The molecule has 0 saturated carbocycles. The molecule has 0 aliphatic carbocycles. The van der Waals surface area contributed by atoms with Crippen LogP contribution in [0, 0.1) is 17.1 Å². The van der Waals surface area contributed by atoms with Crippen molar-refractivity contribution in [3.63, 3.8) is 0 Å². The van der Waals surface area contributed by atoms with Gasteiger partial charge in [-0.05, 0) is 38.0 Å². The maximum Gasteiger partial charge on any atom is 0.254 e. The summed E-state index contributed by atoms with van der Waals surface area (Å²) in [5.41, 5.74) is 0.212. The topological polar surface area (TPSA) is 64.4 Å². The van der Waals surface area contributed by atoms with Crippen LogP contribution in [0.2, 0.25) is 0 Å². The van der Waals surface area contributed by atoms with Crippen molar-refractivity contribution >= 4 is 11.8 Å². The van der Waals surface area contributed by atoms with Crippen LogP contribution in [0.1, 0.15) is 35.7 Å². The van der Waals surface area contributed by atoms with Gasteiger partial charge in [-0.2, -0.15) is 5.26 Å². The van der Waals surface area contributed by atoms with Crippen LogP contribution in [0.25, 0.3) is 0 Å². The first-order valence-electron chi connectivity index (χ1n) is 7.33. The predicted molar refractivity (Wildman–Crippen MR) is 76.3 cm³/mol. The molecule has 1 aromatic carbocycles. The van der Waals surface area contributed by atoms with Gasteiger partial charge in [0.1, 0.15) is 11.9 Å². The molecule has 0 bridgehead atoms. The fourth-order valence-corrected chi connectivity index (χ4v) is 3.28. The minimum absolute atomic E-state index is 0.0525. The number of halogens is 1. The monoisotopic (exact) mass is 301 g/mol. The molecule has 22 heavy (non-hydrogen) atoms. The number of amides is 2. The molecule has 2 aliphatic rings. The van der Waals surface area contributed by atoms with Crippen molar-refractivity contribution in [1.82, 2.24) is 9.80 Å². The number of piperazine rings is 1. The molecule has 3 rings (SSSR count). The first-order valence-corrected chi connectivity index (χ1v) is 7.33. The number of rotatable bonds is 1. The summed E-state index contributed by atoms with van der Waals surface area (Å²) in [7, 11) is 0. The summed E-state index contributed by atoms with van der Waals surface area (Å²) in [6.45, 7) is 2.90. The summed E-state index contributed by atoms with van der Waals surface area (Å²) >= 11 is 0. The number of hydrogen-bond acceptors (Lipinski definition) is 3. The van der Waals surface area contributed by atoms with Crippen molar-refractivity contribution in [3.8, 4) is 6.07 Å². The molecule has 0 aromatic heterocycles. The molecule has 5 nitrogen and oxygen atoms in total. The van der Waals surface area contributed by atoms with Crippen molar-refractivity contribution in [1.29, 1.82) is 5.26 Å². The van der Waals surface area contributed by atoms with Crippen molar-refractivity contribution in [3.05, 3.63) is 35.1 Å². The van der Waals surface area contributed by atoms with Crippen LogP contribution in [-0.2, 0) is 4.79 Å². The van der Waals surface area contributed by atoms with Gasteiger partial charge in [-0.25, -0.2) is 4.39 Å². The lowest BCUT2D eigenvalue weighted by Crippen LogP contribution is -2.60. The molecule has 0 unspecified atom stereocenters. The molecule has 1 aromatic rings. The van der Waals surface area contributed by atoms with E-state index in [0.717, 1.165) is 31.5 Å². The average molecular weight is 301 g/mol. The molecule has 2 amide bonds. The normalized spacial score (nSPS) is 24.1. The van der Waals surface area contributed by atoms with Crippen LogP contribution in [-0.4, -0.2) is 46.8 Å². The maximum atomic E-state index is 13.5. The van der Waals surface area contributed by atoms with Gasteiger partial charge in [-0.1, -0.05) is 0 Å². The third-order valence-electron chi connectivity index (χ3n) is 4.43. The van der Waals surface area contributed by atoms with Gasteiger partial charge in [0.15, 0.2) is 0 Å². The fourth-order valence-electron chi connectivity index (χ4n) is 3.28. The molecule has 2 aliphatic heterocycles. The SMILES string of the molecule is C[C@H]1C(=O)N2CCC[C@@H]2CN1C(=O)c1cc(F)cc(C#N)c1. The van der Waals surface area contributed by atoms with Gasteiger partial charge >= 0.3 is 0 Å². The van der Waals surface area contributed by atoms with E-state index in [4.69, 9.17) is 5.26 Å². The lowest BCUT2D eigenvalue weighted by atomic mass is 10.0. The zero-order valence-electron chi connectivity index (χ0n) is 12.3. The molecule has 0 radical (unpaired) electrons. The molecule has 0 spiro atoms. The summed E-state index contributed by atoms with van der Waals surface area (Å²) in [6.07, 6.45) is 1.83. The van der Waals surface area contributed by atoms with Crippen LogP contribution in [0.4, 0.5) is 4.39 Å². The highest BCUT2D eigenvalue weighted by Gasteiger charge is 2.42. The van der Waals surface area contributed by atoms with Crippen molar-refractivity contribution in [2.45, 2.75) is 31.8 Å². The molecule has 6 heteroatoms. The van der Waals surface area contributed by atoms with Gasteiger partial charge in [0.05, 0.1) is 11.6 Å². The van der Waals surface area contributed by atoms with Crippen LogP contribution in [0.5, 0.6) is 0 Å². The largest absolute Gasteiger partial charge is 0.336 e. The standard InChI is InChI=1S/C16H16FN3O2/c1-10-15(21)19-4-2-3-14(19)9-20(10)16(22)12-5-11(8-18)6-13(17)7-12/h5-7,10,14H,2-4,9H2,1H3/t10-,14+/m0/s1. The van der Waals surface area contributed by atoms with E-state index in [2.05, 4.69) is 0 Å². The Morgan fingerprint density at radius 2 is 2.18 bits per heavy atom. The Kier molecular flexibility index (Phi) is 3.57. The van der Waals surface area contributed by atoms with Crippen molar-refractivity contribution < 1.29 is 14.0 Å². The van der Waals surface area contributed by atoms with E-state index in [-0.39, 0.29) is 23.1 Å². The zero-order chi connectivity index (χ0) is 15.9. The number of nitrogens with zero attached hydrogens (tertiary/aromatic N) is 3. The van der Waals surface area contributed by atoms with Gasteiger partial charge in [0.2, 0.25) is 5.91 Å². The van der Waals surface area contributed by atoms with Gasteiger partial charge in [-0.15, -0.1) is 0 Å². The van der Waals surface area contributed by atoms with E-state index in [1.54, 1.807) is 6.92 Å². The molecule has 2 atom stereocenters. The Labute approximate surface area is 127 Å². The summed E-state index contributed by atoms with van der Waals surface area (Å²) in [6, 6.07) is 4.89. The van der Waals surface area contributed by atoms with Gasteiger partial charge < -0.3 is 9.80 Å². The molecule has 2 fully saturated rings. The van der Waals surface area contributed by atoms with E-state index in [1.165, 1.54) is 11.0 Å². The fraction of sp³-hybridized carbons (Fsp3) is 0.438. The zero-order valence-corrected chi connectivity index (χ0v) is 12.3. The second-order valence-corrected chi connectivity index (χ2v) is 5.80. The number of benzene rings is 1. The van der Waals surface area contributed by atoms with Crippen LogP contribution in [0.15, 0.2) is 18.2 Å². The quantitative estimate of drug-likeness (QED) is 0.790. The molecule has 114 valence electrons. The Hall–Kier alpha value is -2.42. The van der Waals surface area contributed by atoms with E-state index >= 15 is 0 Å². The first kappa shape index (κ1) is 14.5. The molecular formula is C16H16FN3O2. The van der Waals surface area contributed by atoms with Crippen molar-refractivity contribution in [2.75, 3.05) is 13.1 Å². The number of hydrogen-bond donors (Lipinski definition) is 0. The summed E-state index contributed by atoms with van der Waals surface area (Å²) in [5.74, 6) is -1.08. The number of nitriles is 1. The third-order valence-corrected chi connectivity index (χ3v) is 4.43. The second-order valence-electron chi connectivity index (χ2n) is 5.80. The smallest absolute Gasteiger partial charge is 0.254 e. The van der Waals surface area contributed by atoms with E-state index in [1.807, 2.05) is 11.0 Å². The van der Waals surface area contributed by atoms with Gasteiger partial charge in [0, 0.05) is 24.7 Å². The third kappa shape index (κ3) is 2.33. The Bertz CT molecular complexity index is 682. The predicted octanol–water partition coefficient (Wildman–Crippen LogP) is 1.53. The van der Waals surface area contributed by atoms with Crippen LogP contribution in [0.3, 0.4) is 0 Å². The maximum absolute atomic E-state index is 13.5. The highest BCUT2D eigenvalue weighted by Crippen LogP contribution is 2.27. The lowest BCUT2D eigenvalue weighted by Gasteiger charge is -2.41. The number of fused-ring (bicyclic) bond motifs is 1. The second kappa shape index (κ2) is 5.41. The minimum Gasteiger partial charge on any atom is -0.336 e. The Morgan fingerprint density at radius 1 is 1.41 bits per heavy atom. The summed E-state index contributed by atoms with van der Waals surface area (Å²) < 4.78 is 13.5. The lowest BCUT2D eigenvalue weighted by molar-refractivity contribution is -0.141. The van der Waals surface area contributed by atoms with E-state index in [0.29, 0.717) is 6.54 Å². The summed E-state index contributed by atoms with van der Waals surface area (Å²) in [4.78, 5) is 28.3. The van der Waals surface area contributed by atoms with E-state index < -0.39 is 17.8 Å². The number of carbonyl (C=O) groups excluding carboxylic acids is 2. The molecule has 2 saturated heterocycles. The minimum atomic E-state index is -0.624. The van der Waals surface area contributed by atoms with Crippen molar-refractivity contribution in [2.24, 2.45) is 0 Å². The highest BCUT2D eigenvalue weighted by molar-refractivity contribution is 5.98. The molecular weight excluding hydrogens is 285 g/mol. The number of carbonyl (C=O) groups is 2. The van der Waals surface area contributed by atoms with Gasteiger partial charge in [-0.3, -0.25) is 9.59 Å². The Balaban J connectivity index is 1.90. The van der Waals surface area contributed by atoms with Crippen LogP contribution >= 0.6 is 0 Å². The molecule has 2 heterocycles. The highest BCUT2D eigenvalue weighted by atomic mass is 19.1. The average Bonchev–Trinajstić information content (AvgIpc) is 2.98.